The molecule has 0 aromatic carbocycles. The number of ether oxygens (including phenoxy) is 1. The van der Waals surface area contributed by atoms with Gasteiger partial charge in [0.05, 0.1) is 12.7 Å². The van der Waals surface area contributed by atoms with Crippen LogP contribution in [0.5, 0.6) is 0 Å². The molecule has 0 aliphatic heterocycles. The molecule has 5 heteroatoms. The molecule has 0 heterocycles. The lowest BCUT2D eigenvalue weighted by Crippen LogP contribution is -2.48. The van der Waals surface area contributed by atoms with Gasteiger partial charge in [-0.05, 0) is 33.1 Å². The van der Waals surface area contributed by atoms with Crippen LogP contribution in [0.4, 0.5) is 0 Å². The predicted molar refractivity (Wildman–Crippen MR) is 60.8 cm³/mol. The first kappa shape index (κ1) is 13.5. The van der Waals surface area contributed by atoms with Gasteiger partial charge in [-0.25, -0.2) is 0 Å². The largest absolute Gasteiger partial charge is 0.465 e. The van der Waals surface area contributed by atoms with Crippen molar-refractivity contribution in [3.8, 4) is 6.07 Å². The Morgan fingerprint density at radius 1 is 1.41 bits per heavy atom. The van der Waals surface area contributed by atoms with E-state index in [-0.39, 0.29) is 12.5 Å². The van der Waals surface area contributed by atoms with Crippen molar-refractivity contribution >= 4 is 11.9 Å². The Morgan fingerprint density at radius 2 is 2.06 bits per heavy atom. The topological polar surface area (TPSA) is 70.4 Å². The van der Waals surface area contributed by atoms with E-state index in [1.807, 2.05) is 0 Å². The van der Waals surface area contributed by atoms with E-state index in [0.29, 0.717) is 26.0 Å². The SMILES string of the molecule is CCOC(=O)CN(CC)C(=O)C1(C#N)CCC1. The molecule has 0 radical (unpaired) electrons. The maximum Gasteiger partial charge on any atom is 0.325 e. The van der Waals surface area contributed by atoms with Gasteiger partial charge in [0, 0.05) is 6.54 Å². The zero-order valence-electron chi connectivity index (χ0n) is 10.4. The fourth-order valence-electron chi connectivity index (χ4n) is 1.90. The standard InChI is InChI=1S/C12H18N2O3/c1-3-14(8-10(15)17-4-2)11(16)12(9-13)6-5-7-12/h3-8H2,1-2H3. The number of nitrogens with zero attached hydrogens (tertiary/aromatic N) is 2. The summed E-state index contributed by atoms with van der Waals surface area (Å²) in [7, 11) is 0. The second-order valence-electron chi connectivity index (χ2n) is 4.17. The molecule has 0 aromatic rings. The molecule has 0 atom stereocenters. The maximum atomic E-state index is 12.1. The highest BCUT2D eigenvalue weighted by molar-refractivity contribution is 5.89. The summed E-state index contributed by atoms with van der Waals surface area (Å²) >= 11 is 0. The number of hydrogen-bond donors (Lipinski definition) is 0. The van der Waals surface area contributed by atoms with Crippen molar-refractivity contribution in [2.24, 2.45) is 5.41 Å². The molecule has 1 aliphatic carbocycles. The number of hydrogen-bond acceptors (Lipinski definition) is 4. The first-order chi connectivity index (χ1) is 8.09. The monoisotopic (exact) mass is 238 g/mol. The highest BCUT2D eigenvalue weighted by atomic mass is 16.5. The number of rotatable bonds is 5. The third kappa shape index (κ3) is 2.76. The van der Waals surface area contributed by atoms with Crippen molar-refractivity contribution in [1.82, 2.24) is 4.90 Å². The number of amides is 1. The minimum absolute atomic E-state index is 0.0629. The second kappa shape index (κ2) is 5.67. The van der Waals surface area contributed by atoms with E-state index in [4.69, 9.17) is 10.00 Å². The summed E-state index contributed by atoms with van der Waals surface area (Å²) in [5.41, 5.74) is -0.886. The van der Waals surface area contributed by atoms with Gasteiger partial charge < -0.3 is 9.64 Å². The Labute approximate surface area is 101 Å². The van der Waals surface area contributed by atoms with E-state index in [9.17, 15) is 9.59 Å². The van der Waals surface area contributed by atoms with Crippen LogP contribution < -0.4 is 0 Å². The lowest BCUT2D eigenvalue weighted by Gasteiger charge is -2.37. The van der Waals surface area contributed by atoms with Crippen LogP contribution in [0.15, 0.2) is 0 Å². The average molecular weight is 238 g/mol. The minimum Gasteiger partial charge on any atom is -0.465 e. The Hall–Kier alpha value is -1.57. The zero-order chi connectivity index (χ0) is 12.9. The van der Waals surface area contributed by atoms with E-state index in [1.54, 1.807) is 13.8 Å². The molecule has 5 nitrogen and oxygen atoms in total. The van der Waals surface area contributed by atoms with E-state index in [1.165, 1.54) is 4.90 Å². The van der Waals surface area contributed by atoms with Crippen molar-refractivity contribution in [3.63, 3.8) is 0 Å². The zero-order valence-corrected chi connectivity index (χ0v) is 10.4. The summed E-state index contributed by atoms with van der Waals surface area (Å²) in [6.07, 6.45) is 2.10. The molecular weight excluding hydrogens is 220 g/mol. The smallest absolute Gasteiger partial charge is 0.325 e. The number of esters is 1. The van der Waals surface area contributed by atoms with E-state index in [2.05, 4.69) is 6.07 Å². The fourth-order valence-corrected chi connectivity index (χ4v) is 1.90. The summed E-state index contributed by atoms with van der Waals surface area (Å²) in [5.74, 6) is -0.656. The van der Waals surface area contributed by atoms with Gasteiger partial charge in [-0.3, -0.25) is 9.59 Å². The Bertz CT molecular complexity index is 342. The predicted octanol–water partition coefficient (Wildman–Crippen LogP) is 1.09. The van der Waals surface area contributed by atoms with Gasteiger partial charge in [0.25, 0.3) is 0 Å². The molecule has 0 unspecified atom stereocenters. The molecule has 0 N–H and O–H groups in total. The van der Waals surface area contributed by atoms with Crippen LogP contribution >= 0.6 is 0 Å². The van der Waals surface area contributed by atoms with Gasteiger partial charge in [-0.2, -0.15) is 5.26 Å². The van der Waals surface area contributed by atoms with Crippen molar-refractivity contribution in [2.45, 2.75) is 33.1 Å². The first-order valence-corrected chi connectivity index (χ1v) is 5.96. The molecule has 1 amide bonds. The summed E-state index contributed by atoms with van der Waals surface area (Å²) in [4.78, 5) is 24.9. The quantitative estimate of drug-likeness (QED) is 0.672. The third-order valence-electron chi connectivity index (χ3n) is 3.12. The van der Waals surface area contributed by atoms with E-state index >= 15 is 0 Å². The molecule has 0 saturated heterocycles. The van der Waals surface area contributed by atoms with Crippen molar-refractivity contribution in [1.29, 1.82) is 5.26 Å². The Kier molecular flexibility index (Phi) is 4.50. The summed E-state index contributed by atoms with van der Waals surface area (Å²) < 4.78 is 4.81. The molecule has 1 saturated carbocycles. The van der Waals surface area contributed by atoms with Crippen LogP contribution in [-0.2, 0) is 14.3 Å². The molecule has 1 aliphatic rings. The Balaban J connectivity index is 2.64. The van der Waals surface area contributed by atoms with Crippen molar-refractivity contribution in [2.75, 3.05) is 19.7 Å². The third-order valence-corrected chi connectivity index (χ3v) is 3.12. The normalized spacial score (nSPS) is 16.5. The van der Waals surface area contributed by atoms with Crippen LogP contribution in [0.2, 0.25) is 0 Å². The van der Waals surface area contributed by atoms with Gasteiger partial charge in [0.2, 0.25) is 5.91 Å². The van der Waals surface area contributed by atoms with Gasteiger partial charge in [0.1, 0.15) is 12.0 Å². The summed E-state index contributed by atoms with van der Waals surface area (Å²) in [6.45, 7) is 4.17. The highest BCUT2D eigenvalue weighted by Gasteiger charge is 2.46. The lowest BCUT2D eigenvalue weighted by molar-refractivity contribution is -0.153. The molecule has 1 rings (SSSR count). The van der Waals surface area contributed by atoms with Crippen molar-refractivity contribution in [3.05, 3.63) is 0 Å². The number of nitriles is 1. The van der Waals surface area contributed by atoms with Gasteiger partial charge in [0.15, 0.2) is 0 Å². The lowest BCUT2D eigenvalue weighted by atomic mass is 9.69. The first-order valence-electron chi connectivity index (χ1n) is 5.96. The molecule has 0 aromatic heterocycles. The molecule has 1 fully saturated rings. The highest BCUT2D eigenvalue weighted by Crippen LogP contribution is 2.41. The molecule has 94 valence electrons. The van der Waals surface area contributed by atoms with E-state index in [0.717, 1.165) is 6.42 Å². The van der Waals surface area contributed by atoms with Crippen LogP contribution in [-0.4, -0.2) is 36.5 Å². The number of carbonyl (C=O) groups excluding carboxylic acids is 2. The second-order valence-corrected chi connectivity index (χ2v) is 4.17. The summed E-state index contributed by atoms with van der Waals surface area (Å²) in [5, 5.41) is 9.08. The van der Waals surface area contributed by atoms with Crippen molar-refractivity contribution < 1.29 is 14.3 Å². The van der Waals surface area contributed by atoms with Crippen LogP contribution in [0.3, 0.4) is 0 Å². The minimum atomic E-state index is -0.886. The van der Waals surface area contributed by atoms with Crippen LogP contribution in [0.1, 0.15) is 33.1 Å². The fraction of sp³-hybridized carbons (Fsp3) is 0.750. The molecule has 0 bridgehead atoms. The van der Waals surface area contributed by atoms with Crippen LogP contribution in [0.25, 0.3) is 0 Å². The molecular formula is C12H18N2O3. The average Bonchev–Trinajstić information content (AvgIpc) is 2.25. The van der Waals surface area contributed by atoms with Gasteiger partial charge in [-0.15, -0.1) is 0 Å². The molecule has 17 heavy (non-hydrogen) atoms. The number of likely N-dealkylation sites (N-methyl/N-ethyl adjacent to an activating group) is 1. The molecule has 0 spiro atoms. The Morgan fingerprint density at radius 3 is 2.41 bits per heavy atom. The van der Waals surface area contributed by atoms with Gasteiger partial charge in [-0.1, -0.05) is 0 Å². The number of carbonyl (C=O) groups is 2. The van der Waals surface area contributed by atoms with Crippen LogP contribution in [0, 0.1) is 16.7 Å². The van der Waals surface area contributed by atoms with Gasteiger partial charge >= 0.3 is 5.97 Å². The summed E-state index contributed by atoms with van der Waals surface area (Å²) in [6, 6.07) is 2.09. The van der Waals surface area contributed by atoms with E-state index < -0.39 is 11.4 Å². The maximum absolute atomic E-state index is 12.1.